The number of carboxylic acids is 1. The number of hydrogen-bond acceptors (Lipinski definition) is 4. The number of carbonyl (C=O) groups excluding carboxylic acids is 1. The van der Waals surface area contributed by atoms with E-state index in [4.69, 9.17) is 22.8 Å². The Morgan fingerprint density at radius 1 is 1.37 bits per heavy atom. The smallest absolute Gasteiger partial charge is 0.479 e. The van der Waals surface area contributed by atoms with Crippen LogP contribution in [0.15, 0.2) is 12.1 Å². The van der Waals surface area contributed by atoms with Gasteiger partial charge in [-0.25, -0.2) is 4.79 Å². The van der Waals surface area contributed by atoms with Crippen molar-refractivity contribution in [1.29, 1.82) is 0 Å². The minimum Gasteiger partial charge on any atom is -0.479 e. The lowest BCUT2D eigenvalue weighted by molar-refractivity contribution is -0.274. The molecule has 0 unspecified atom stereocenters. The largest absolute Gasteiger partial charge is 0.573 e. The molecule has 1 amide bonds. The zero-order valence-corrected chi connectivity index (χ0v) is 14.9. The topological polar surface area (TPSA) is 76.1 Å². The first kappa shape index (κ1) is 20.9. The molecule has 146 valence electrons. The Bertz CT molecular complexity index is 797. The molecule has 1 saturated heterocycles. The average molecular weight is 406 g/mol. The highest BCUT2D eigenvalue weighted by molar-refractivity contribution is 6.33. The number of benzene rings is 1. The first-order chi connectivity index (χ1) is 12.5. The number of nitrogens with zero attached hydrogens (tertiary/aromatic N) is 1. The second kappa shape index (κ2) is 7.66. The zero-order valence-electron chi connectivity index (χ0n) is 14.1. The summed E-state index contributed by atoms with van der Waals surface area (Å²) in [4.78, 5) is 25.4. The Morgan fingerprint density at radius 2 is 1.96 bits per heavy atom. The molecule has 0 atom stereocenters. The molecule has 0 aliphatic carbocycles. The van der Waals surface area contributed by atoms with Crippen molar-refractivity contribution in [3.8, 4) is 18.1 Å². The third-order valence-corrected chi connectivity index (χ3v) is 4.73. The highest BCUT2D eigenvalue weighted by Crippen LogP contribution is 2.41. The van der Waals surface area contributed by atoms with Gasteiger partial charge in [0.25, 0.3) is 0 Å². The molecule has 6 nitrogen and oxygen atoms in total. The molecular formula is C17H15ClF3NO5. The SMILES string of the molecule is C#CC(=O)N(c1ccc(OC(F)(F)F)c(Cl)c1C)C1(C(=O)O)CCOCC1. The Labute approximate surface area is 157 Å². The predicted octanol–water partition coefficient (Wildman–Crippen LogP) is 3.15. The summed E-state index contributed by atoms with van der Waals surface area (Å²) in [6, 6.07) is 2.03. The second-order valence-electron chi connectivity index (χ2n) is 5.80. The van der Waals surface area contributed by atoms with Gasteiger partial charge >= 0.3 is 18.2 Å². The van der Waals surface area contributed by atoms with E-state index in [9.17, 15) is 27.9 Å². The van der Waals surface area contributed by atoms with Crippen molar-refractivity contribution < 1.29 is 37.3 Å². The molecule has 0 bridgehead atoms. The van der Waals surface area contributed by atoms with E-state index in [0.717, 1.165) is 17.0 Å². The molecule has 1 heterocycles. The third kappa shape index (κ3) is 4.12. The van der Waals surface area contributed by atoms with E-state index in [2.05, 4.69) is 4.74 Å². The van der Waals surface area contributed by atoms with Crippen LogP contribution in [0.3, 0.4) is 0 Å². The van der Waals surface area contributed by atoms with Crippen molar-refractivity contribution in [3.05, 3.63) is 22.7 Å². The van der Waals surface area contributed by atoms with Crippen LogP contribution in [-0.4, -0.2) is 42.1 Å². The van der Waals surface area contributed by atoms with Crippen LogP contribution in [0.1, 0.15) is 18.4 Å². The molecule has 1 aliphatic heterocycles. The summed E-state index contributed by atoms with van der Waals surface area (Å²) in [5, 5.41) is 9.40. The lowest BCUT2D eigenvalue weighted by Gasteiger charge is -2.42. The van der Waals surface area contributed by atoms with Crippen molar-refractivity contribution >= 4 is 29.2 Å². The molecule has 0 aromatic heterocycles. The van der Waals surface area contributed by atoms with E-state index in [1.165, 1.54) is 6.92 Å². The number of terminal acetylenes is 1. The lowest BCUT2D eigenvalue weighted by Crippen LogP contribution is -2.60. The van der Waals surface area contributed by atoms with Crippen LogP contribution in [-0.2, 0) is 14.3 Å². The van der Waals surface area contributed by atoms with Gasteiger partial charge in [0.15, 0.2) is 5.54 Å². The number of anilines is 1. The van der Waals surface area contributed by atoms with Crippen molar-refractivity contribution in [3.63, 3.8) is 0 Å². The van der Waals surface area contributed by atoms with Crippen LogP contribution in [0.2, 0.25) is 5.02 Å². The summed E-state index contributed by atoms with van der Waals surface area (Å²) in [6.07, 6.45) is 0.146. The van der Waals surface area contributed by atoms with Gasteiger partial charge in [-0.2, -0.15) is 0 Å². The van der Waals surface area contributed by atoms with Gasteiger partial charge in [-0.15, -0.1) is 19.6 Å². The van der Waals surface area contributed by atoms with E-state index in [-0.39, 0.29) is 37.3 Å². The second-order valence-corrected chi connectivity index (χ2v) is 6.18. The standard InChI is InChI=1S/C17H15ClF3NO5/c1-3-13(23)22(16(15(24)25)6-8-26-9-7-16)11-4-5-12(14(18)10(11)2)27-17(19,20)21/h1,4-5H,6-9H2,2H3,(H,24,25). The van der Waals surface area contributed by atoms with Gasteiger partial charge in [0.05, 0.1) is 10.7 Å². The van der Waals surface area contributed by atoms with E-state index in [1.54, 1.807) is 0 Å². The van der Waals surface area contributed by atoms with Crippen molar-refractivity contribution in [2.45, 2.75) is 31.7 Å². The van der Waals surface area contributed by atoms with Crippen molar-refractivity contribution in [1.82, 2.24) is 0 Å². The molecule has 2 rings (SSSR count). The lowest BCUT2D eigenvalue weighted by atomic mass is 9.86. The van der Waals surface area contributed by atoms with Crippen LogP contribution in [0.5, 0.6) is 5.75 Å². The summed E-state index contributed by atoms with van der Waals surface area (Å²) in [6.45, 7) is 1.48. The van der Waals surface area contributed by atoms with Crippen molar-refractivity contribution in [2.75, 3.05) is 18.1 Å². The first-order valence-electron chi connectivity index (χ1n) is 7.70. The number of carbonyl (C=O) groups is 2. The molecule has 10 heteroatoms. The van der Waals surface area contributed by atoms with E-state index in [1.807, 2.05) is 5.92 Å². The Balaban J connectivity index is 2.62. The number of halogens is 4. The Morgan fingerprint density at radius 3 is 2.44 bits per heavy atom. The Hall–Kier alpha value is -2.44. The normalized spacial score (nSPS) is 16.3. The number of rotatable bonds is 4. The fraction of sp³-hybridized carbons (Fsp3) is 0.412. The molecule has 1 aliphatic rings. The number of amides is 1. The van der Waals surface area contributed by atoms with E-state index in [0.29, 0.717) is 0 Å². The molecule has 1 N–H and O–H groups in total. The van der Waals surface area contributed by atoms with Gasteiger partial charge < -0.3 is 14.6 Å². The van der Waals surface area contributed by atoms with Gasteiger partial charge in [0, 0.05) is 26.1 Å². The van der Waals surface area contributed by atoms with Crippen LogP contribution in [0.25, 0.3) is 0 Å². The van der Waals surface area contributed by atoms with E-state index < -0.39 is 34.5 Å². The molecule has 0 saturated carbocycles. The highest BCUT2D eigenvalue weighted by atomic mass is 35.5. The van der Waals surface area contributed by atoms with E-state index >= 15 is 0 Å². The molecule has 0 radical (unpaired) electrons. The summed E-state index contributed by atoms with van der Waals surface area (Å²) < 4.78 is 46.5. The molecule has 1 aromatic rings. The van der Waals surface area contributed by atoms with Gasteiger partial charge in [-0.05, 0) is 30.5 Å². The monoisotopic (exact) mass is 405 g/mol. The number of hydrogen-bond donors (Lipinski definition) is 1. The minimum atomic E-state index is -4.96. The summed E-state index contributed by atoms with van der Waals surface area (Å²) in [5.74, 6) is -1.06. The minimum absolute atomic E-state index is 0.0122. The van der Waals surface area contributed by atoms with Gasteiger partial charge in [0.1, 0.15) is 5.75 Å². The van der Waals surface area contributed by atoms with Crippen LogP contribution < -0.4 is 9.64 Å². The van der Waals surface area contributed by atoms with Gasteiger partial charge in [0.2, 0.25) is 0 Å². The van der Waals surface area contributed by atoms with Crippen LogP contribution in [0, 0.1) is 19.3 Å². The van der Waals surface area contributed by atoms with Crippen LogP contribution >= 0.6 is 11.6 Å². The maximum Gasteiger partial charge on any atom is 0.573 e. The molecule has 1 aromatic carbocycles. The molecule has 27 heavy (non-hydrogen) atoms. The fourth-order valence-corrected chi connectivity index (χ4v) is 3.14. The first-order valence-corrected chi connectivity index (χ1v) is 8.08. The van der Waals surface area contributed by atoms with Crippen molar-refractivity contribution in [2.24, 2.45) is 0 Å². The number of alkyl halides is 3. The molecule has 1 fully saturated rings. The average Bonchev–Trinajstić information content (AvgIpc) is 2.60. The summed E-state index contributed by atoms with van der Waals surface area (Å²) in [7, 11) is 0. The number of carboxylic acid groups (broad SMARTS) is 1. The summed E-state index contributed by atoms with van der Waals surface area (Å²) in [5.41, 5.74) is -1.70. The summed E-state index contributed by atoms with van der Waals surface area (Å²) >= 11 is 5.97. The predicted molar refractivity (Wildman–Crippen MR) is 89.6 cm³/mol. The third-order valence-electron chi connectivity index (χ3n) is 4.26. The maximum atomic E-state index is 12.5. The van der Waals surface area contributed by atoms with Gasteiger partial charge in [-0.3, -0.25) is 9.69 Å². The number of ether oxygens (including phenoxy) is 2. The maximum absolute atomic E-state index is 12.5. The number of aliphatic carboxylic acids is 1. The van der Waals surface area contributed by atoms with Crippen LogP contribution in [0.4, 0.5) is 18.9 Å². The fourth-order valence-electron chi connectivity index (χ4n) is 2.94. The zero-order chi connectivity index (χ0) is 20.4. The van der Waals surface area contributed by atoms with Gasteiger partial charge in [-0.1, -0.05) is 11.6 Å². The Kier molecular flexibility index (Phi) is 5.92. The molecular weight excluding hydrogens is 391 g/mol. The molecule has 0 spiro atoms. The quantitative estimate of drug-likeness (QED) is 0.779. The highest BCUT2D eigenvalue weighted by Gasteiger charge is 2.49.